The summed E-state index contributed by atoms with van der Waals surface area (Å²) in [4.78, 5) is 41.2. The van der Waals surface area contributed by atoms with E-state index in [0.29, 0.717) is 15.7 Å². The molecule has 8 nitrogen and oxygen atoms in total. The smallest absolute Gasteiger partial charge is 0.484 e. The lowest BCUT2D eigenvalue weighted by Crippen LogP contribution is -2.60. The first-order chi connectivity index (χ1) is 15.6. The number of halogens is 4. The number of amides is 3. The number of ether oxygens (including phenoxy) is 2. The fourth-order valence-corrected chi connectivity index (χ4v) is 3.99. The summed E-state index contributed by atoms with van der Waals surface area (Å²) in [7, 11) is 0. The van der Waals surface area contributed by atoms with E-state index in [1.165, 1.54) is 21.9 Å². The maximum atomic E-state index is 13.0. The number of carbonyl (C=O) groups is 3. The van der Waals surface area contributed by atoms with Gasteiger partial charge in [-0.15, -0.1) is 13.2 Å². The number of hydrogen-bond donors (Lipinski definition) is 1. The number of benzene rings is 2. The van der Waals surface area contributed by atoms with Crippen LogP contribution in [0.2, 0.25) is 0 Å². The zero-order chi connectivity index (χ0) is 23.8. The molecule has 2 aliphatic heterocycles. The van der Waals surface area contributed by atoms with Gasteiger partial charge in [-0.2, -0.15) is 0 Å². The van der Waals surface area contributed by atoms with E-state index in [-0.39, 0.29) is 37.9 Å². The Bertz CT molecular complexity index is 1090. The predicted octanol–water partition coefficient (Wildman–Crippen LogP) is 3.03. The molecule has 4 rings (SSSR count). The minimum absolute atomic E-state index is 0.00666. The van der Waals surface area contributed by atoms with Gasteiger partial charge in [0, 0.05) is 17.6 Å². The van der Waals surface area contributed by atoms with Gasteiger partial charge in [0.25, 0.3) is 11.8 Å². The summed E-state index contributed by atoms with van der Waals surface area (Å²) in [5.41, 5.74) is 0.767. The van der Waals surface area contributed by atoms with Gasteiger partial charge in [-0.25, -0.2) is 0 Å². The Morgan fingerprint density at radius 1 is 1.09 bits per heavy atom. The van der Waals surface area contributed by atoms with Crippen LogP contribution in [0, 0.1) is 0 Å². The third-order valence-electron chi connectivity index (χ3n) is 5.19. The summed E-state index contributed by atoms with van der Waals surface area (Å²) >= 11 is 3.32. The van der Waals surface area contributed by atoms with Crippen LogP contribution in [-0.4, -0.2) is 66.2 Å². The van der Waals surface area contributed by atoms with Gasteiger partial charge in [0.2, 0.25) is 5.91 Å². The number of fused-ring (bicyclic) bond motifs is 2. The van der Waals surface area contributed by atoms with Gasteiger partial charge in [-0.05, 0) is 42.5 Å². The largest absolute Gasteiger partial charge is 0.573 e. The van der Waals surface area contributed by atoms with Crippen molar-refractivity contribution < 1.29 is 37.0 Å². The maximum Gasteiger partial charge on any atom is 0.573 e. The Balaban J connectivity index is 1.38. The van der Waals surface area contributed by atoms with Gasteiger partial charge in [-0.3, -0.25) is 14.4 Å². The highest BCUT2D eigenvalue weighted by atomic mass is 79.9. The van der Waals surface area contributed by atoms with Crippen LogP contribution in [0.1, 0.15) is 10.4 Å². The van der Waals surface area contributed by atoms with E-state index in [1.807, 2.05) is 0 Å². The molecule has 2 aliphatic rings. The number of piperazine rings is 1. The minimum atomic E-state index is -4.80. The number of anilines is 1. The van der Waals surface area contributed by atoms with Crippen LogP contribution in [-0.2, 0) is 9.59 Å². The first-order valence-electron chi connectivity index (χ1n) is 9.78. The average molecular weight is 528 g/mol. The Labute approximate surface area is 194 Å². The molecule has 1 fully saturated rings. The molecule has 0 radical (unpaired) electrons. The fourth-order valence-electron chi connectivity index (χ4n) is 3.62. The van der Waals surface area contributed by atoms with E-state index < -0.39 is 30.0 Å². The summed E-state index contributed by atoms with van der Waals surface area (Å²) in [6.07, 6.45) is -4.80. The van der Waals surface area contributed by atoms with E-state index in [1.54, 1.807) is 18.2 Å². The molecule has 0 saturated carbocycles. The molecule has 1 N–H and O–H groups in total. The van der Waals surface area contributed by atoms with Crippen LogP contribution >= 0.6 is 15.9 Å². The van der Waals surface area contributed by atoms with Crippen molar-refractivity contribution in [3.8, 4) is 11.5 Å². The van der Waals surface area contributed by atoms with Gasteiger partial charge in [0.05, 0.1) is 17.8 Å². The highest BCUT2D eigenvalue weighted by Crippen LogP contribution is 2.28. The van der Waals surface area contributed by atoms with Gasteiger partial charge in [0.1, 0.15) is 17.5 Å². The third kappa shape index (κ3) is 5.21. The van der Waals surface area contributed by atoms with Crippen LogP contribution in [0.3, 0.4) is 0 Å². The standard InChI is InChI=1S/C21H17BrF3N3O5/c22-12-1-6-16-15(9-12)20(31)28-8-7-27(10-17(28)19(30)26-16)18(29)11-32-13-2-4-14(5-3-13)33-21(23,24)25/h1-6,9,17H,7-8,10-11H2,(H,26,30). The molecule has 0 aromatic heterocycles. The molecule has 174 valence electrons. The molecule has 2 heterocycles. The fraction of sp³-hybridized carbons (Fsp3) is 0.286. The zero-order valence-corrected chi connectivity index (χ0v) is 18.5. The van der Waals surface area contributed by atoms with Gasteiger partial charge in [-0.1, -0.05) is 15.9 Å². The molecule has 0 spiro atoms. The lowest BCUT2D eigenvalue weighted by molar-refractivity contribution is -0.274. The minimum Gasteiger partial charge on any atom is -0.484 e. The monoisotopic (exact) mass is 527 g/mol. The Morgan fingerprint density at radius 2 is 1.79 bits per heavy atom. The molecule has 1 saturated heterocycles. The SMILES string of the molecule is O=C1Nc2ccc(Br)cc2C(=O)N2CCN(C(=O)COc3ccc(OC(F)(F)F)cc3)CC12. The zero-order valence-electron chi connectivity index (χ0n) is 16.9. The van der Waals surface area contributed by atoms with Crippen molar-refractivity contribution in [3.63, 3.8) is 0 Å². The Kier molecular flexibility index (Phi) is 6.19. The summed E-state index contributed by atoms with van der Waals surface area (Å²) in [6, 6.07) is 8.77. The molecule has 1 unspecified atom stereocenters. The number of hydrogen-bond acceptors (Lipinski definition) is 5. The van der Waals surface area contributed by atoms with E-state index >= 15 is 0 Å². The molecule has 12 heteroatoms. The third-order valence-corrected chi connectivity index (χ3v) is 5.68. The summed E-state index contributed by atoms with van der Waals surface area (Å²) in [5, 5.41) is 2.73. The van der Waals surface area contributed by atoms with Crippen molar-refractivity contribution in [2.24, 2.45) is 0 Å². The molecule has 0 aliphatic carbocycles. The van der Waals surface area contributed by atoms with Crippen LogP contribution in [0.5, 0.6) is 11.5 Å². The molecule has 2 aromatic carbocycles. The molecule has 3 amide bonds. The van der Waals surface area contributed by atoms with Crippen molar-refractivity contribution in [2.45, 2.75) is 12.4 Å². The van der Waals surface area contributed by atoms with Gasteiger partial charge < -0.3 is 24.6 Å². The Hall–Kier alpha value is -3.28. The highest BCUT2D eigenvalue weighted by molar-refractivity contribution is 9.10. The number of carbonyl (C=O) groups excluding carboxylic acids is 3. The summed E-state index contributed by atoms with van der Waals surface area (Å²) in [6.45, 7) is -0.0142. The predicted molar refractivity (Wildman–Crippen MR) is 113 cm³/mol. The summed E-state index contributed by atoms with van der Waals surface area (Å²) < 4.78 is 46.5. The van der Waals surface area contributed by atoms with E-state index in [9.17, 15) is 27.6 Å². The average Bonchev–Trinajstić information content (AvgIpc) is 2.86. The van der Waals surface area contributed by atoms with Crippen molar-refractivity contribution in [2.75, 3.05) is 31.6 Å². The first kappa shape index (κ1) is 22.9. The van der Waals surface area contributed by atoms with Crippen molar-refractivity contribution in [1.29, 1.82) is 0 Å². The maximum absolute atomic E-state index is 13.0. The van der Waals surface area contributed by atoms with E-state index in [0.717, 1.165) is 12.1 Å². The number of rotatable bonds is 4. The van der Waals surface area contributed by atoms with Gasteiger partial charge >= 0.3 is 6.36 Å². The number of nitrogens with one attached hydrogen (secondary N) is 1. The lowest BCUT2D eigenvalue weighted by atomic mass is 10.1. The van der Waals surface area contributed by atoms with Crippen LogP contribution in [0.4, 0.5) is 18.9 Å². The number of alkyl halides is 3. The molecule has 0 bridgehead atoms. The van der Waals surface area contributed by atoms with E-state index in [4.69, 9.17) is 4.74 Å². The molecular weight excluding hydrogens is 511 g/mol. The summed E-state index contributed by atoms with van der Waals surface area (Å²) in [5.74, 6) is -1.36. The molecular formula is C21H17BrF3N3O5. The van der Waals surface area contributed by atoms with Crippen LogP contribution < -0.4 is 14.8 Å². The van der Waals surface area contributed by atoms with Crippen molar-refractivity contribution >= 4 is 39.3 Å². The van der Waals surface area contributed by atoms with Crippen LogP contribution in [0.15, 0.2) is 46.9 Å². The van der Waals surface area contributed by atoms with Crippen LogP contribution in [0.25, 0.3) is 0 Å². The molecule has 2 aromatic rings. The quantitative estimate of drug-likeness (QED) is 0.660. The van der Waals surface area contributed by atoms with Gasteiger partial charge in [0.15, 0.2) is 6.61 Å². The lowest BCUT2D eigenvalue weighted by Gasteiger charge is -2.39. The number of nitrogens with zero attached hydrogens (tertiary/aromatic N) is 2. The second-order valence-corrected chi connectivity index (χ2v) is 8.26. The normalized spacial score (nSPS) is 18.1. The van der Waals surface area contributed by atoms with E-state index in [2.05, 4.69) is 26.0 Å². The topological polar surface area (TPSA) is 88.2 Å². The second-order valence-electron chi connectivity index (χ2n) is 7.34. The highest BCUT2D eigenvalue weighted by Gasteiger charge is 2.40. The second kappa shape index (κ2) is 8.93. The van der Waals surface area contributed by atoms with Crippen molar-refractivity contribution in [1.82, 2.24) is 9.80 Å². The first-order valence-corrected chi connectivity index (χ1v) is 10.6. The molecule has 1 atom stereocenters. The Morgan fingerprint density at radius 3 is 2.48 bits per heavy atom. The molecule has 33 heavy (non-hydrogen) atoms. The van der Waals surface area contributed by atoms with Crippen molar-refractivity contribution in [3.05, 3.63) is 52.5 Å².